The standard InChI is InChI=1S/C16H12N4O3/c21-15(12-5-2-1-3-6-12)10-19-11-17-16(18-19)13-7-4-8-14(9-13)20(22)23/h1-9,11H,10H2. The molecule has 0 aliphatic rings. The topological polar surface area (TPSA) is 90.9 Å². The van der Waals surface area contributed by atoms with E-state index in [0.717, 1.165) is 0 Å². The highest BCUT2D eigenvalue weighted by Crippen LogP contribution is 2.20. The minimum absolute atomic E-state index is 0.0285. The van der Waals surface area contributed by atoms with Gasteiger partial charge >= 0.3 is 0 Å². The first kappa shape index (κ1) is 14.6. The first-order valence-electron chi connectivity index (χ1n) is 6.86. The molecule has 1 aromatic heterocycles. The Kier molecular flexibility index (Phi) is 3.92. The summed E-state index contributed by atoms with van der Waals surface area (Å²) in [6.45, 7) is 0.0614. The normalized spacial score (nSPS) is 10.4. The first-order valence-corrected chi connectivity index (χ1v) is 6.86. The fraction of sp³-hybridized carbons (Fsp3) is 0.0625. The number of Topliss-reactive ketones (excluding diaryl/α,β-unsaturated/α-hetero) is 1. The SMILES string of the molecule is O=C(Cn1cnc(-c2cccc([N+](=O)[O-])c2)n1)c1ccccc1. The van der Waals surface area contributed by atoms with Gasteiger partial charge in [-0.05, 0) is 0 Å². The number of aromatic nitrogens is 3. The minimum atomic E-state index is -0.473. The van der Waals surface area contributed by atoms with E-state index in [2.05, 4.69) is 10.1 Å². The van der Waals surface area contributed by atoms with Crippen LogP contribution in [0.5, 0.6) is 0 Å². The molecule has 3 rings (SSSR count). The van der Waals surface area contributed by atoms with Crippen LogP contribution >= 0.6 is 0 Å². The van der Waals surface area contributed by atoms with Gasteiger partial charge in [0.15, 0.2) is 11.6 Å². The van der Waals surface area contributed by atoms with Crippen molar-refractivity contribution in [1.29, 1.82) is 0 Å². The van der Waals surface area contributed by atoms with Gasteiger partial charge in [-0.3, -0.25) is 14.9 Å². The molecule has 0 N–H and O–H groups in total. The second kappa shape index (κ2) is 6.18. The molecule has 1 heterocycles. The Bertz CT molecular complexity index is 859. The molecule has 0 fully saturated rings. The monoisotopic (exact) mass is 308 g/mol. The molecule has 0 atom stereocenters. The first-order chi connectivity index (χ1) is 11.1. The summed E-state index contributed by atoms with van der Waals surface area (Å²) in [4.78, 5) is 26.6. The van der Waals surface area contributed by atoms with Crippen molar-refractivity contribution in [2.75, 3.05) is 0 Å². The molecule has 114 valence electrons. The van der Waals surface area contributed by atoms with Gasteiger partial charge in [-0.15, -0.1) is 0 Å². The number of rotatable bonds is 5. The smallest absolute Gasteiger partial charge is 0.270 e. The second-order valence-electron chi connectivity index (χ2n) is 4.86. The van der Waals surface area contributed by atoms with Crippen LogP contribution in [0.25, 0.3) is 11.4 Å². The van der Waals surface area contributed by atoms with Gasteiger partial charge in [-0.1, -0.05) is 42.5 Å². The predicted molar refractivity (Wildman–Crippen MR) is 82.9 cm³/mol. The van der Waals surface area contributed by atoms with Gasteiger partial charge in [0, 0.05) is 23.3 Å². The fourth-order valence-electron chi connectivity index (χ4n) is 2.12. The maximum Gasteiger partial charge on any atom is 0.270 e. The number of hydrogen-bond donors (Lipinski definition) is 0. The molecule has 0 amide bonds. The quantitative estimate of drug-likeness (QED) is 0.410. The van der Waals surface area contributed by atoms with Crippen LogP contribution in [0.2, 0.25) is 0 Å². The largest absolute Gasteiger partial charge is 0.292 e. The average Bonchev–Trinajstić information content (AvgIpc) is 3.04. The van der Waals surface area contributed by atoms with E-state index in [4.69, 9.17) is 0 Å². The molecule has 0 radical (unpaired) electrons. The maximum absolute atomic E-state index is 12.1. The Balaban J connectivity index is 1.80. The van der Waals surface area contributed by atoms with Crippen LogP contribution in [0, 0.1) is 10.1 Å². The predicted octanol–water partition coefficient (Wildman–Crippen LogP) is 2.74. The van der Waals surface area contributed by atoms with Crippen molar-refractivity contribution >= 4 is 11.5 Å². The highest BCUT2D eigenvalue weighted by molar-refractivity contribution is 5.95. The van der Waals surface area contributed by atoms with Crippen molar-refractivity contribution in [3.63, 3.8) is 0 Å². The van der Waals surface area contributed by atoms with Gasteiger partial charge in [0.1, 0.15) is 12.9 Å². The Labute approximate surface area is 131 Å². The van der Waals surface area contributed by atoms with Gasteiger partial charge in [0.05, 0.1) is 4.92 Å². The molecule has 0 saturated heterocycles. The number of carbonyl (C=O) groups excluding carboxylic acids is 1. The Morgan fingerprint density at radius 1 is 1.13 bits per heavy atom. The Hall–Kier alpha value is -3.35. The third-order valence-electron chi connectivity index (χ3n) is 3.25. The van der Waals surface area contributed by atoms with Crippen molar-refractivity contribution in [3.8, 4) is 11.4 Å². The molecule has 0 saturated carbocycles. The molecule has 0 bridgehead atoms. The highest BCUT2D eigenvalue weighted by atomic mass is 16.6. The average molecular weight is 308 g/mol. The number of ketones is 1. The zero-order valence-electron chi connectivity index (χ0n) is 12.0. The van der Waals surface area contributed by atoms with E-state index in [0.29, 0.717) is 17.0 Å². The van der Waals surface area contributed by atoms with Gasteiger partial charge < -0.3 is 0 Å². The van der Waals surface area contributed by atoms with Crippen LogP contribution in [0.4, 0.5) is 5.69 Å². The van der Waals surface area contributed by atoms with Crippen LogP contribution in [0.1, 0.15) is 10.4 Å². The molecular formula is C16H12N4O3. The van der Waals surface area contributed by atoms with Crippen LogP contribution in [0.3, 0.4) is 0 Å². The molecule has 3 aromatic rings. The van der Waals surface area contributed by atoms with Crippen molar-refractivity contribution in [2.45, 2.75) is 6.54 Å². The summed E-state index contributed by atoms with van der Waals surface area (Å²) in [5, 5.41) is 15.0. The summed E-state index contributed by atoms with van der Waals surface area (Å²) in [5.41, 5.74) is 1.10. The van der Waals surface area contributed by atoms with E-state index in [1.54, 1.807) is 36.4 Å². The summed E-state index contributed by atoms with van der Waals surface area (Å²) in [7, 11) is 0. The van der Waals surface area contributed by atoms with Crippen molar-refractivity contribution < 1.29 is 9.72 Å². The van der Waals surface area contributed by atoms with Crippen molar-refractivity contribution in [3.05, 3.63) is 76.6 Å². The lowest BCUT2D eigenvalue weighted by molar-refractivity contribution is -0.384. The van der Waals surface area contributed by atoms with E-state index in [1.165, 1.54) is 23.1 Å². The molecule has 7 heteroatoms. The molecule has 23 heavy (non-hydrogen) atoms. The number of hydrogen-bond acceptors (Lipinski definition) is 5. The van der Waals surface area contributed by atoms with Crippen LogP contribution < -0.4 is 0 Å². The third kappa shape index (κ3) is 3.29. The molecule has 0 aliphatic carbocycles. The summed E-state index contributed by atoms with van der Waals surface area (Å²) in [5.74, 6) is 0.260. The zero-order valence-corrected chi connectivity index (χ0v) is 12.0. The molecule has 2 aromatic carbocycles. The third-order valence-corrected chi connectivity index (χ3v) is 3.25. The second-order valence-corrected chi connectivity index (χ2v) is 4.86. The summed E-state index contributed by atoms with van der Waals surface area (Å²) in [6.07, 6.45) is 1.44. The van der Waals surface area contributed by atoms with Gasteiger partial charge in [0.2, 0.25) is 0 Å². The molecule has 7 nitrogen and oxygen atoms in total. The summed E-state index contributed by atoms with van der Waals surface area (Å²) < 4.78 is 1.42. The molecule has 0 aliphatic heterocycles. The van der Waals surface area contributed by atoms with Gasteiger partial charge in [-0.2, -0.15) is 5.10 Å². The van der Waals surface area contributed by atoms with Crippen LogP contribution in [0.15, 0.2) is 60.9 Å². The number of nitrogens with zero attached hydrogens (tertiary/aromatic N) is 4. The maximum atomic E-state index is 12.1. The Morgan fingerprint density at radius 3 is 2.65 bits per heavy atom. The lowest BCUT2D eigenvalue weighted by atomic mass is 10.1. The van der Waals surface area contributed by atoms with E-state index in [-0.39, 0.29) is 18.0 Å². The number of benzene rings is 2. The molecular weight excluding hydrogens is 296 g/mol. The van der Waals surface area contributed by atoms with E-state index >= 15 is 0 Å². The van der Waals surface area contributed by atoms with E-state index < -0.39 is 4.92 Å². The van der Waals surface area contributed by atoms with Crippen molar-refractivity contribution in [1.82, 2.24) is 14.8 Å². The molecule has 0 spiro atoms. The lowest BCUT2D eigenvalue weighted by Gasteiger charge is -2.00. The van der Waals surface area contributed by atoms with Crippen LogP contribution in [-0.4, -0.2) is 25.5 Å². The zero-order chi connectivity index (χ0) is 16.2. The summed E-state index contributed by atoms with van der Waals surface area (Å²) >= 11 is 0. The summed E-state index contributed by atoms with van der Waals surface area (Å²) in [6, 6.07) is 15.0. The van der Waals surface area contributed by atoms with Gasteiger partial charge in [0.25, 0.3) is 5.69 Å². The van der Waals surface area contributed by atoms with E-state index in [9.17, 15) is 14.9 Å². The van der Waals surface area contributed by atoms with Gasteiger partial charge in [-0.25, -0.2) is 9.67 Å². The number of nitro groups is 1. The molecule has 0 unspecified atom stereocenters. The Morgan fingerprint density at radius 2 is 1.91 bits per heavy atom. The number of nitro benzene ring substituents is 1. The highest BCUT2D eigenvalue weighted by Gasteiger charge is 2.12. The van der Waals surface area contributed by atoms with E-state index in [1.807, 2.05) is 6.07 Å². The lowest BCUT2D eigenvalue weighted by Crippen LogP contribution is -2.10. The van der Waals surface area contributed by atoms with Crippen molar-refractivity contribution in [2.24, 2.45) is 0 Å². The minimum Gasteiger partial charge on any atom is -0.292 e. The fourth-order valence-corrected chi connectivity index (χ4v) is 2.12. The van der Waals surface area contributed by atoms with Crippen LogP contribution in [-0.2, 0) is 6.54 Å². The number of carbonyl (C=O) groups is 1. The number of non-ortho nitro benzene ring substituents is 1.